The molecule has 1 aromatic rings. The van der Waals surface area contributed by atoms with Crippen LogP contribution in [0.3, 0.4) is 0 Å². The minimum Gasteiger partial charge on any atom is -0.354 e. The van der Waals surface area contributed by atoms with Crippen molar-refractivity contribution < 1.29 is 14.4 Å². The number of rotatable bonds is 7. The highest BCUT2D eigenvalue weighted by atomic mass is 16.2. The number of likely N-dealkylation sites (N-methyl/N-ethyl adjacent to an activating group) is 1. The summed E-state index contributed by atoms with van der Waals surface area (Å²) in [5.74, 6) is -0.385. The lowest BCUT2D eigenvalue weighted by Crippen LogP contribution is -2.58. The predicted octanol–water partition coefficient (Wildman–Crippen LogP) is 1.37. The highest BCUT2D eigenvalue weighted by Crippen LogP contribution is 2.31. The summed E-state index contributed by atoms with van der Waals surface area (Å²) in [6, 6.07) is 8.74. The average Bonchev–Trinajstić information content (AvgIpc) is 3.17. The topological polar surface area (TPSA) is 90.5 Å². The van der Waals surface area contributed by atoms with Crippen molar-refractivity contribution in [3.63, 3.8) is 0 Å². The van der Waals surface area contributed by atoms with Gasteiger partial charge in [0.1, 0.15) is 12.1 Å². The molecule has 2 heterocycles. The van der Waals surface area contributed by atoms with Gasteiger partial charge in [0, 0.05) is 12.6 Å². The number of nitrogens with one attached hydrogen (secondary N) is 3. The van der Waals surface area contributed by atoms with E-state index in [2.05, 4.69) is 16.0 Å². The Morgan fingerprint density at radius 1 is 1.10 bits per heavy atom. The van der Waals surface area contributed by atoms with Crippen LogP contribution in [-0.4, -0.2) is 60.4 Å². The minimum atomic E-state index is -0.561. The number of benzene rings is 1. The molecule has 0 spiro atoms. The summed E-state index contributed by atoms with van der Waals surface area (Å²) in [5, 5.41) is 8.82. The Labute approximate surface area is 179 Å². The third kappa shape index (κ3) is 5.39. The molecule has 0 radical (unpaired) electrons. The summed E-state index contributed by atoms with van der Waals surface area (Å²) in [7, 11) is 1.72. The van der Waals surface area contributed by atoms with Gasteiger partial charge in [-0.1, -0.05) is 43.2 Å². The highest BCUT2D eigenvalue weighted by molar-refractivity contribution is 5.93. The lowest BCUT2D eigenvalue weighted by atomic mass is 9.98. The van der Waals surface area contributed by atoms with Crippen molar-refractivity contribution in [1.82, 2.24) is 20.9 Å². The molecule has 0 aromatic heterocycles. The second kappa shape index (κ2) is 10.6. The molecule has 0 saturated carbocycles. The normalized spacial score (nSPS) is 25.1. The third-order valence-electron chi connectivity index (χ3n) is 6.34. The van der Waals surface area contributed by atoms with Crippen molar-refractivity contribution in [1.29, 1.82) is 0 Å². The second-order valence-electron chi connectivity index (χ2n) is 8.38. The molecule has 3 rings (SSSR count). The number of carbonyl (C=O) groups excluding carboxylic acids is 3. The fourth-order valence-corrected chi connectivity index (χ4v) is 4.44. The van der Waals surface area contributed by atoms with Crippen LogP contribution in [-0.2, 0) is 20.8 Å². The van der Waals surface area contributed by atoms with Crippen LogP contribution in [0.4, 0.5) is 0 Å². The minimum absolute atomic E-state index is 0.0869. The Morgan fingerprint density at radius 3 is 2.57 bits per heavy atom. The van der Waals surface area contributed by atoms with E-state index < -0.39 is 12.1 Å². The van der Waals surface area contributed by atoms with Crippen LogP contribution in [0.5, 0.6) is 0 Å². The van der Waals surface area contributed by atoms with E-state index in [-0.39, 0.29) is 29.8 Å². The van der Waals surface area contributed by atoms with E-state index in [4.69, 9.17) is 0 Å². The van der Waals surface area contributed by atoms with Gasteiger partial charge in [0.15, 0.2) is 0 Å². The van der Waals surface area contributed by atoms with Crippen molar-refractivity contribution in [3.8, 4) is 0 Å². The van der Waals surface area contributed by atoms with Gasteiger partial charge in [-0.05, 0) is 51.6 Å². The number of nitrogens with zero attached hydrogens (tertiary/aromatic N) is 1. The van der Waals surface area contributed by atoms with Crippen LogP contribution in [0.1, 0.15) is 51.0 Å². The smallest absolute Gasteiger partial charge is 0.246 e. The molecular weight excluding hydrogens is 380 g/mol. The predicted molar refractivity (Wildman–Crippen MR) is 116 cm³/mol. The molecule has 2 saturated heterocycles. The maximum Gasteiger partial charge on any atom is 0.246 e. The summed E-state index contributed by atoms with van der Waals surface area (Å²) in [4.78, 5) is 40.4. The largest absolute Gasteiger partial charge is 0.354 e. The van der Waals surface area contributed by atoms with Crippen LogP contribution in [0.25, 0.3) is 0 Å². The van der Waals surface area contributed by atoms with Gasteiger partial charge in [-0.2, -0.15) is 0 Å². The number of fused-ring (bicyclic) bond motifs is 1. The Kier molecular flexibility index (Phi) is 7.85. The molecular formula is C23H34N4O3. The zero-order chi connectivity index (χ0) is 21.5. The van der Waals surface area contributed by atoms with E-state index in [1.165, 1.54) is 5.56 Å². The quantitative estimate of drug-likeness (QED) is 0.629. The van der Waals surface area contributed by atoms with Crippen LogP contribution >= 0.6 is 0 Å². The van der Waals surface area contributed by atoms with E-state index in [9.17, 15) is 14.4 Å². The van der Waals surface area contributed by atoms with Crippen molar-refractivity contribution in [3.05, 3.63) is 35.9 Å². The second-order valence-corrected chi connectivity index (χ2v) is 8.38. The Hall–Kier alpha value is -2.41. The monoisotopic (exact) mass is 414 g/mol. The van der Waals surface area contributed by atoms with Gasteiger partial charge >= 0.3 is 0 Å². The number of hydrogen-bond donors (Lipinski definition) is 3. The molecule has 0 bridgehead atoms. The molecule has 2 aliphatic rings. The zero-order valence-corrected chi connectivity index (χ0v) is 18.0. The van der Waals surface area contributed by atoms with Crippen molar-refractivity contribution in [2.75, 3.05) is 13.6 Å². The van der Waals surface area contributed by atoms with Crippen LogP contribution < -0.4 is 16.0 Å². The molecule has 3 N–H and O–H groups in total. The van der Waals surface area contributed by atoms with Gasteiger partial charge in [0.2, 0.25) is 17.7 Å². The summed E-state index contributed by atoms with van der Waals surface area (Å²) < 4.78 is 0. The van der Waals surface area contributed by atoms with Crippen molar-refractivity contribution >= 4 is 17.7 Å². The molecule has 7 heteroatoms. The average molecular weight is 415 g/mol. The molecule has 1 unspecified atom stereocenters. The van der Waals surface area contributed by atoms with Crippen molar-refractivity contribution in [2.45, 2.75) is 76.0 Å². The maximum absolute atomic E-state index is 13.3. The standard InChI is InChI=1S/C23H34N4O3/c1-16(24-2)21(28)26-19-11-7-6-10-18-12-13-20(27(18)23(19)30)22(29)25-15-14-17-8-4-3-5-9-17/h3-5,8-9,16,18-20,24H,6-7,10-15H2,1-2H3,(H,25,29)(H,26,28)/t16-,18-,19-,20?/m0/s1. The lowest BCUT2D eigenvalue weighted by molar-refractivity contribution is -0.144. The van der Waals surface area contributed by atoms with E-state index in [0.717, 1.165) is 32.1 Å². The van der Waals surface area contributed by atoms with E-state index in [1.54, 1.807) is 18.9 Å². The zero-order valence-electron chi connectivity index (χ0n) is 18.0. The summed E-state index contributed by atoms with van der Waals surface area (Å²) in [6.45, 7) is 2.32. The highest BCUT2D eigenvalue weighted by Gasteiger charge is 2.43. The van der Waals surface area contributed by atoms with Gasteiger partial charge in [0.05, 0.1) is 6.04 Å². The van der Waals surface area contributed by atoms with Gasteiger partial charge in [-0.15, -0.1) is 0 Å². The van der Waals surface area contributed by atoms with Crippen LogP contribution in [0.15, 0.2) is 30.3 Å². The summed E-state index contributed by atoms with van der Waals surface area (Å²) >= 11 is 0. The van der Waals surface area contributed by atoms with Crippen LogP contribution in [0, 0.1) is 0 Å². The fourth-order valence-electron chi connectivity index (χ4n) is 4.44. The summed E-state index contributed by atoms with van der Waals surface area (Å²) in [5.41, 5.74) is 1.17. The molecule has 4 atom stereocenters. The van der Waals surface area contributed by atoms with E-state index in [1.807, 2.05) is 30.3 Å². The SMILES string of the molecule is CN[C@@H](C)C(=O)N[C@H]1CCCC[C@H]2CCC(C(=O)NCCc3ccccc3)N2C1=O. The first kappa shape index (κ1) is 22.3. The molecule has 0 aliphatic carbocycles. The molecule has 164 valence electrons. The van der Waals surface area contributed by atoms with Gasteiger partial charge in [-0.25, -0.2) is 0 Å². The fraction of sp³-hybridized carbons (Fsp3) is 0.609. The molecule has 1 aromatic carbocycles. The molecule has 2 aliphatic heterocycles. The Bertz CT molecular complexity index is 739. The van der Waals surface area contributed by atoms with Crippen molar-refractivity contribution in [2.24, 2.45) is 0 Å². The number of amides is 3. The van der Waals surface area contributed by atoms with Gasteiger partial charge in [-0.3, -0.25) is 14.4 Å². The maximum atomic E-state index is 13.3. The first-order chi connectivity index (χ1) is 14.5. The van der Waals surface area contributed by atoms with Gasteiger partial charge < -0.3 is 20.9 Å². The number of carbonyl (C=O) groups is 3. The lowest BCUT2D eigenvalue weighted by Gasteiger charge is -2.35. The molecule has 2 fully saturated rings. The Balaban J connectivity index is 1.63. The molecule has 30 heavy (non-hydrogen) atoms. The Morgan fingerprint density at radius 2 is 1.83 bits per heavy atom. The van der Waals surface area contributed by atoms with Crippen LogP contribution in [0.2, 0.25) is 0 Å². The number of hydrogen-bond acceptors (Lipinski definition) is 4. The van der Waals surface area contributed by atoms with Gasteiger partial charge in [0.25, 0.3) is 0 Å². The third-order valence-corrected chi connectivity index (χ3v) is 6.34. The van der Waals surface area contributed by atoms with E-state index >= 15 is 0 Å². The first-order valence-electron chi connectivity index (χ1n) is 11.1. The van der Waals surface area contributed by atoms with E-state index in [0.29, 0.717) is 19.4 Å². The molecule has 3 amide bonds. The first-order valence-corrected chi connectivity index (χ1v) is 11.1. The molecule has 7 nitrogen and oxygen atoms in total. The summed E-state index contributed by atoms with van der Waals surface area (Å²) in [6.07, 6.45) is 5.74.